The lowest BCUT2D eigenvalue weighted by molar-refractivity contribution is 0.0313. The Kier molecular flexibility index (Phi) is 6.13. The Morgan fingerprint density at radius 3 is 2.70 bits per heavy atom. The van der Waals surface area contributed by atoms with E-state index in [-0.39, 0.29) is 6.10 Å². The van der Waals surface area contributed by atoms with Crippen molar-refractivity contribution in [3.8, 4) is 17.2 Å². The molecule has 0 radical (unpaired) electrons. The predicted molar refractivity (Wildman–Crippen MR) is 113 cm³/mol. The Bertz CT molecular complexity index is 999. The SMILES string of the molecule is COc1cc2c(N3CCCC(OCc4cccnc4)C3)ncnc2c(OC)c1OC. The molecule has 30 heavy (non-hydrogen) atoms. The van der Waals surface area contributed by atoms with E-state index in [1.165, 1.54) is 0 Å². The highest BCUT2D eigenvalue weighted by molar-refractivity contribution is 5.97. The van der Waals surface area contributed by atoms with Crippen molar-refractivity contribution in [1.29, 1.82) is 0 Å². The van der Waals surface area contributed by atoms with Gasteiger partial charge in [-0.05, 0) is 30.5 Å². The molecule has 0 spiro atoms. The molecule has 1 aliphatic rings. The molecule has 1 saturated heterocycles. The van der Waals surface area contributed by atoms with Gasteiger partial charge in [0.15, 0.2) is 11.5 Å². The van der Waals surface area contributed by atoms with Crippen molar-refractivity contribution in [2.24, 2.45) is 0 Å². The molecule has 0 N–H and O–H groups in total. The van der Waals surface area contributed by atoms with Crippen LogP contribution in [0.4, 0.5) is 5.82 Å². The van der Waals surface area contributed by atoms with Crippen LogP contribution in [-0.4, -0.2) is 55.5 Å². The molecule has 0 amide bonds. The number of nitrogens with zero attached hydrogens (tertiary/aromatic N) is 4. The summed E-state index contributed by atoms with van der Waals surface area (Å²) in [5.41, 5.74) is 1.77. The van der Waals surface area contributed by atoms with E-state index in [2.05, 4.69) is 19.9 Å². The summed E-state index contributed by atoms with van der Waals surface area (Å²) in [7, 11) is 4.79. The fourth-order valence-electron chi connectivity index (χ4n) is 3.87. The Morgan fingerprint density at radius 1 is 1.10 bits per heavy atom. The maximum Gasteiger partial charge on any atom is 0.205 e. The molecule has 1 fully saturated rings. The number of rotatable bonds is 7. The molecule has 4 rings (SSSR count). The van der Waals surface area contributed by atoms with Crippen molar-refractivity contribution in [2.75, 3.05) is 39.3 Å². The normalized spacial score (nSPS) is 16.5. The molecule has 0 bridgehead atoms. The summed E-state index contributed by atoms with van der Waals surface area (Å²) in [5, 5.41) is 0.861. The summed E-state index contributed by atoms with van der Waals surface area (Å²) in [6.07, 6.45) is 7.32. The van der Waals surface area contributed by atoms with E-state index in [1.54, 1.807) is 33.9 Å². The molecular weight excluding hydrogens is 384 g/mol. The molecule has 1 unspecified atom stereocenters. The third-order valence-corrected chi connectivity index (χ3v) is 5.30. The van der Waals surface area contributed by atoms with Gasteiger partial charge in [-0.3, -0.25) is 4.98 Å². The highest BCUT2D eigenvalue weighted by Crippen LogP contribution is 2.44. The van der Waals surface area contributed by atoms with Crippen LogP contribution in [0.15, 0.2) is 36.9 Å². The number of anilines is 1. The van der Waals surface area contributed by atoms with Gasteiger partial charge in [-0.15, -0.1) is 0 Å². The van der Waals surface area contributed by atoms with Gasteiger partial charge in [-0.1, -0.05) is 6.07 Å². The number of aromatic nitrogens is 3. The molecule has 3 heterocycles. The zero-order valence-electron chi connectivity index (χ0n) is 17.5. The number of hydrogen-bond donors (Lipinski definition) is 0. The third-order valence-electron chi connectivity index (χ3n) is 5.30. The summed E-state index contributed by atoms with van der Waals surface area (Å²) >= 11 is 0. The van der Waals surface area contributed by atoms with Gasteiger partial charge in [0.2, 0.25) is 5.75 Å². The standard InChI is InChI=1S/C22H26N4O4/c1-27-18-10-17-19(21(29-3)20(18)28-2)24-14-25-22(17)26-9-5-7-16(12-26)30-13-15-6-4-8-23-11-15/h4,6,8,10-11,14,16H,5,7,9,12-13H2,1-3H3. The molecule has 3 aromatic rings. The number of methoxy groups -OCH3 is 3. The fourth-order valence-corrected chi connectivity index (χ4v) is 3.87. The average Bonchev–Trinajstić information content (AvgIpc) is 2.81. The first kappa shape index (κ1) is 20.2. The van der Waals surface area contributed by atoms with Gasteiger partial charge in [-0.2, -0.15) is 0 Å². The van der Waals surface area contributed by atoms with Gasteiger partial charge in [0.1, 0.15) is 17.7 Å². The zero-order valence-corrected chi connectivity index (χ0v) is 17.5. The zero-order chi connectivity index (χ0) is 20.9. The van der Waals surface area contributed by atoms with Crippen LogP contribution in [-0.2, 0) is 11.3 Å². The largest absolute Gasteiger partial charge is 0.493 e. The summed E-state index contributed by atoms with van der Waals surface area (Å²) in [5.74, 6) is 2.48. The summed E-state index contributed by atoms with van der Waals surface area (Å²) < 4.78 is 22.8. The van der Waals surface area contributed by atoms with Gasteiger partial charge in [-0.25, -0.2) is 9.97 Å². The van der Waals surface area contributed by atoms with Gasteiger partial charge >= 0.3 is 0 Å². The van der Waals surface area contributed by atoms with Crippen LogP contribution in [0.1, 0.15) is 18.4 Å². The summed E-state index contributed by atoms with van der Waals surface area (Å²) in [6.45, 7) is 2.20. The molecule has 2 aromatic heterocycles. The van der Waals surface area contributed by atoms with Gasteiger partial charge in [0, 0.05) is 25.5 Å². The molecule has 158 valence electrons. The van der Waals surface area contributed by atoms with Crippen LogP contribution in [0.2, 0.25) is 0 Å². The predicted octanol–water partition coefficient (Wildman–Crippen LogP) is 3.24. The van der Waals surface area contributed by atoms with Crippen LogP contribution in [0.3, 0.4) is 0 Å². The number of benzene rings is 1. The lowest BCUT2D eigenvalue weighted by Gasteiger charge is -2.34. The van der Waals surface area contributed by atoms with Crippen LogP contribution < -0.4 is 19.1 Å². The molecule has 8 nitrogen and oxygen atoms in total. The summed E-state index contributed by atoms with van der Waals surface area (Å²) in [4.78, 5) is 15.4. The van der Waals surface area contributed by atoms with E-state index in [0.29, 0.717) is 29.4 Å². The quantitative estimate of drug-likeness (QED) is 0.587. The number of pyridine rings is 1. The van der Waals surface area contributed by atoms with E-state index >= 15 is 0 Å². The second-order valence-electron chi connectivity index (χ2n) is 7.12. The van der Waals surface area contributed by atoms with Crippen molar-refractivity contribution in [3.05, 3.63) is 42.5 Å². The molecule has 8 heteroatoms. The molecule has 0 aliphatic carbocycles. The van der Waals surface area contributed by atoms with Crippen LogP contribution in [0.5, 0.6) is 17.2 Å². The van der Waals surface area contributed by atoms with Crippen LogP contribution >= 0.6 is 0 Å². The van der Waals surface area contributed by atoms with Crippen LogP contribution in [0, 0.1) is 0 Å². The monoisotopic (exact) mass is 410 g/mol. The Morgan fingerprint density at radius 2 is 1.97 bits per heavy atom. The van der Waals surface area contributed by atoms with Crippen LogP contribution in [0.25, 0.3) is 10.9 Å². The van der Waals surface area contributed by atoms with E-state index in [4.69, 9.17) is 18.9 Å². The Balaban J connectivity index is 1.62. The maximum absolute atomic E-state index is 6.16. The Hall–Kier alpha value is -3.13. The minimum absolute atomic E-state index is 0.117. The van der Waals surface area contributed by atoms with Crippen molar-refractivity contribution in [2.45, 2.75) is 25.6 Å². The molecular formula is C22H26N4O4. The van der Waals surface area contributed by atoms with E-state index in [9.17, 15) is 0 Å². The van der Waals surface area contributed by atoms with Crippen molar-refractivity contribution < 1.29 is 18.9 Å². The highest BCUT2D eigenvalue weighted by Gasteiger charge is 2.26. The van der Waals surface area contributed by atoms with Crippen molar-refractivity contribution >= 4 is 16.7 Å². The fraction of sp³-hybridized carbons (Fsp3) is 0.409. The smallest absolute Gasteiger partial charge is 0.205 e. The van der Waals surface area contributed by atoms with Crippen molar-refractivity contribution in [3.63, 3.8) is 0 Å². The molecule has 1 aliphatic heterocycles. The number of hydrogen-bond acceptors (Lipinski definition) is 8. The first-order chi connectivity index (χ1) is 14.7. The highest BCUT2D eigenvalue weighted by atomic mass is 16.5. The minimum atomic E-state index is 0.117. The number of ether oxygens (including phenoxy) is 4. The second-order valence-corrected chi connectivity index (χ2v) is 7.12. The summed E-state index contributed by atoms with van der Waals surface area (Å²) in [6, 6.07) is 5.86. The van der Waals surface area contributed by atoms with Gasteiger partial charge < -0.3 is 23.8 Å². The lowest BCUT2D eigenvalue weighted by atomic mass is 10.1. The molecule has 1 atom stereocenters. The van der Waals surface area contributed by atoms with Gasteiger partial charge in [0.05, 0.1) is 39.4 Å². The maximum atomic E-state index is 6.16. The Labute approximate surface area is 175 Å². The number of fused-ring (bicyclic) bond motifs is 1. The molecule has 0 saturated carbocycles. The van der Waals surface area contributed by atoms with E-state index in [0.717, 1.165) is 42.7 Å². The van der Waals surface area contributed by atoms with Crippen molar-refractivity contribution in [1.82, 2.24) is 15.0 Å². The average molecular weight is 410 g/mol. The third kappa shape index (κ3) is 3.95. The first-order valence-electron chi connectivity index (χ1n) is 9.94. The minimum Gasteiger partial charge on any atom is -0.493 e. The topological polar surface area (TPSA) is 78.8 Å². The lowest BCUT2D eigenvalue weighted by Crippen LogP contribution is -2.40. The van der Waals surface area contributed by atoms with E-state index < -0.39 is 0 Å². The van der Waals surface area contributed by atoms with Gasteiger partial charge in [0.25, 0.3) is 0 Å². The van der Waals surface area contributed by atoms with E-state index in [1.807, 2.05) is 24.4 Å². The second kappa shape index (κ2) is 9.13. The number of piperidine rings is 1. The first-order valence-corrected chi connectivity index (χ1v) is 9.94. The molecule has 1 aromatic carbocycles.